The van der Waals surface area contributed by atoms with Crippen LogP contribution in [-0.2, 0) is 4.74 Å². The average Bonchev–Trinajstić information content (AvgIpc) is 3.53. The lowest BCUT2D eigenvalue weighted by Crippen LogP contribution is -2.35. The molecule has 0 bridgehead atoms. The highest BCUT2D eigenvalue weighted by Crippen LogP contribution is 2.59. The number of ether oxygens (including phenoxy) is 1. The zero-order valence-corrected chi connectivity index (χ0v) is 21.3. The van der Waals surface area contributed by atoms with Gasteiger partial charge in [-0.1, -0.05) is 50.3 Å². The van der Waals surface area contributed by atoms with Crippen LogP contribution in [0.4, 0.5) is 0 Å². The lowest BCUT2D eigenvalue weighted by molar-refractivity contribution is 0.0230. The molecule has 2 N–H and O–H groups in total. The summed E-state index contributed by atoms with van der Waals surface area (Å²) in [6.45, 7) is 13.3. The second-order valence-corrected chi connectivity index (χ2v) is 11.9. The average molecular weight is 455 g/mol. The Labute approximate surface area is 201 Å². The van der Waals surface area contributed by atoms with Gasteiger partial charge in [0.15, 0.2) is 0 Å². The zero-order chi connectivity index (χ0) is 23.8. The predicted molar refractivity (Wildman–Crippen MR) is 136 cm³/mol. The first kappa shape index (κ1) is 24.9. The van der Waals surface area contributed by atoms with Crippen LogP contribution in [0.3, 0.4) is 0 Å². The van der Waals surface area contributed by atoms with Crippen LogP contribution in [0.2, 0.25) is 0 Å². The van der Waals surface area contributed by atoms with Gasteiger partial charge in [0.25, 0.3) is 0 Å². The summed E-state index contributed by atoms with van der Waals surface area (Å²) < 4.78 is 6.20. The third-order valence-electron chi connectivity index (χ3n) is 9.06. The molecule has 4 rings (SSSR count). The smallest absolute Gasteiger partial charge is 0.0811 e. The van der Waals surface area contributed by atoms with Crippen molar-refractivity contribution < 1.29 is 14.9 Å². The second kappa shape index (κ2) is 10.2. The number of allylic oxidation sites excluding steroid dienone is 4. The van der Waals surface area contributed by atoms with E-state index in [0.29, 0.717) is 42.1 Å². The fourth-order valence-corrected chi connectivity index (χ4v) is 7.08. The van der Waals surface area contributed by atoms with Crippen LogP contribution >= 0.6 is 0 Å². The molecule has 4 aliphatic carbocycles. The molecule has 7 atom stereocenters. The summed E-state index contributed by atoms with van der Waals surface area (Å²) in [4.78, 5) is 0. The lowest BCUT2D eigenvalue weighted by Gasteiger charge is -2.44. The molecular weight excluding hydrogens is 408 g/mol. The molecule has 184 valence electrons. The highest BCUT2D eigenvalue weighted by Gasteiger charge is 2.50. The normalized spacial score (nSPS) is 39.5. The minimum Gasteiger partial charge on any atom is -0.393 e. The fourth-order valence-electron chi connectivity index (χ4n) is 7.08. The van der Waals surface area contributed by atoms with Crippen molar-refractivity contribution in [2.45, 2.75) is 110 Å². The number of aliphatic hydroxyl groups excluding tert-OH is 2. The molecule has 0 aromatic carbocycles. The molecule has 4 fully saturated rings. The Morgan fingerprint density at radius 2 is 1.82 bits per heavy atom. The predicted octanol–water partition coefficient (Wildman–Crippen LogP) is 6.52. The van der Waals surface area contributed by atoms with Crippen LogP contribution in [0.25, 0.3) is 0 Å². The Balaban J connectivity index is 1.47. The summed E-state index contributed by atoms with van der Waals surface area (Å²) in [5.41, 5.74) is 3.72. The molecule has 0 unspecified atom stereocenters. The van der Waals surface area contributed by atoms with Crippen LogP contribution in [0.15, 0.2) is 47.6 Å². The van der Waals surface area contributed by atoms with Crippen LogP contribution in [0.1, 0.15) is 85.5 Å². The molecule has 3 heteroatoms. The molecule has 0 heterocycles. The molecule has 0 saturated heterocycles. The monoisotopic (exact) mass is 454 g/mol. The largest absolute Gasteiger partial charge is 0.393 e. The van der Waals surface area contributed by atoms with E-state index in [0.717, 1.165) is 17.1 Å². The van der Waals surface area contributed by atoms with Crippen molar-refractivity contribution in [1.29, 1.82) is 0 Å². The van der Waals surface area contributed by atoms with Crippen molar-refractivity contribution in [2.24, 2.45) is 29.1 Å². The Morgan fingerprint density at radius 3 is 2.52 bits per heavy atom. The Bertz CT molecular complexity index is 801. The summed E-state index contributed by atoms with van der Waals surface area (Å²) in [6, 6.07) is 0. The van der Waals surface area contributed by atoms with Gasteiger partial charge in [-0.05, 0) is 105 Å². The number of rotatable bonds is 7. The molecule has 0 aliphatic heterocycles. The minimum atomic E-state index is -0.613. The van der Waals surface area contributed by atoms with Gasteiger partial charge in [0.2, 0.25) is 0 Å². The Hall–Kier alpha value is -1.16. The third-order valence-corrected chi connectivity index (χ3v) is 9.06. The Morgan fingerprint density at radius 1 is 1.06 bits per heavy atom. The van der Waals surface area contributed by atoms with E-state index < -0.39 is 12.2 Å². The summed E-state index contributed by atoms with van der Waals surface area (Å²) in [5.74, 6) is 2.65. The van der Waals surface area contributed by atoms with E-state index >= 15 is 0 Å². The van der Waals surface area contributed by atoms with Crippen molar-refractivity contribution >= 4 is 0 Å². The highest BCUT2D eigenvalue weighted by molar-refractivity contribution is 5.38. The van der Waals surface area contributed by atoms with Gasteiger partial charge in [-0.15, -0.1) is 0 Å². The first-order chi connectivity index (χ1) is 15.7. The molecule has 0 aromatic heterocycles. The molecule has 33 heavy (non-hydrogen) atoms. The topological polar surface area (TPSA) is 49.7 Å². The molecular formula is C30H46O3. The van der Waals surface area contributed by atoms with Gasteiger partial charge in [-0.2, -0.15) is 0 Å². The summed E-state index contributed by atoms with van der Waals surface area (Å²) >= 11 is 0. The van der Waals surface area contributed by atoms with E-state index in [2.05, 4.69) is 58.6 Å². The Kier molecular flexibility index (Phi) is 7.73. The van der Waals surface area contributed by atoms with Gasteiger partial charge >= 0.3 is 0 Å². The van der Waals surface area contributed by atoms with Gasteiger partial charge < -0.3 is 14.9 Å². The highest BCUT2D eigenvalue weighted by atomic mass is 16.5. The molecule has 0 spiro atoms. The van der Waals surface area contributed by atoms with E-state index in [-0.39, 0.29) is 6.10 Å². The van der Waals surface area contributed by atoms with Crippen LogP contribution in [0.5, 0.6) is 0 Å². The van der Waals surface area contributed by atoms with Crippen molar-refractivity contribution in [3.05, 3.63) is 47.6 Å². The van der Waals surface area contributed by atoms with Gasteiger partial charge in [-0.3, -0.25) is 0 Å². The lowest BCUT2D eigenvalue weighted by atomic mass is 9.61. The van der Waals surface area contributed by atoms with Gasteiger partial charge in [0, 0.05) is 6.42 Å². The maximum absolute atomic E-state index is 10.2. The first-order valence-corrected chi connectivity index (χ1v) is 13.5. The number of hydrogen-bond acceptors (Lipinski definition) is 3. The summed E-state index contributed by atoms with van der Waals surface area (Å²) in [6.07, 6.45) is 18.7. The van der Waals surface area contributed by atoms with Crippen LogP contribution in [0, 0.1) is 29.1 Å². The maximum Gasteiger partial charge on any atom is 0.0811 e. The summed E-state index contributed by atoms with van der Waals surface area (Å²) in [5, 5.41) is 20.3. The summed E-state index contributed by atoms with van der Waals surface area (Å²) in [7, 11) is 0. The van der Waals surface area contributed by atoms with Gasteiger partial charge in [-0.25, -0.2) is 0 Å². The van der Waals surface area contributed by atoms with Crippen LogP contribution < -0.4 is 0 Å². The van der Waals surface area contributed by atoms with Crippen LogP contribution in [-0.4, -0.2) is 34.6 Å². The number of aliphatic hydroxyl groups is 2. The van der Waals surface area contributed by atoms with E-state index in [1.807, 2.05) is 0 Å². The fraction of sp³-hybridized carbons (Fsp3) is 0.733. The van der Waals surface area contributed by atoms with E-state index in [9.17, 15) is 10.2 Å². The molecule has 3 nitrogen and oxygen atoms in total. The van der Waals surface area contributed by atoms with E-state index in [1.165, 1.54) is 44.9 Å². The second-order valence-electron chi connectivity index (χ2n) is 11.9. The van der Waals surface area contributed by atoms with Crippen molar-refractivity contribution in [3.63, 3.8) is 0 Å². The first-order valence-electron chi connectivity index (χ1n) is 13.5. The molecule has 0 radical (unpaired) electrons. The zero-order valence-electron chi connectivity index (χ0n) is 21.3. The van der Waals surface area contributed by atoms with Gasteiger partial charge in [0.05, 0.1) is 24.4 Å². The number of fused-ring (bicyclic) bond motifs is 1. The van der Waals surface area contributed by atoms with Crippen molar-refractivity contribution in [1.82, 2.24) is 0 Å². The minimum absolute atomic E-state index is 0.284. The SMILES string of the molecule is C=C1/C(=C\C=C2CCC[C@]3(C)[C@@H]([C@H](C)/C=C/[C@@H](OC(C)C)C4CC4)CC[C@@H]23)C[C@@H](O)C[C@@H]1O. The van der Waals surface area contributed by atoms with Crippen molar-refractivity contribution in [2.75, 3.05) is 0 Å². The molecule has 4 saturated carbocycles. The quantitative estimate of drug-likeness (QED) is 0.430. The maximum atomic E-state index is 10.2. The molecule has 4 aliphatic rings. The third kappa shape index (κ3) is 5.57. The number of hydrogen-bond donors (Lipinski definition) is 2. The van der Waals surface area contributed by atoms with Crippen molar-refractivity contribution in [3.8, 4) is 0 Å². The van der Waals surface area contributed by atoms with E-state index in [1.54, 1.807) is 5.57 Å². The standard InChI is InChI=1S/C30H46O3/c1-19(2)33-29(23-10-11-23)15-8-20(3)26-13-14-27-22(7-6-16-30(26,27)5)9-12-24-17-25(31)18-28(32)21(24)4/h8-9,12,15,19-20,23,25-29,31-32H,4,6-7,10-11,13-14,16-18H2,1-3,5H3/b15-8+,22-9?,24-12-/t20-,25-,26-,27+,28+,29-,30-/m1/s1. The van der Waals surface area contributed by atoms with Gasteiger partial charge in [0.1, 0.15) is 0 Å². The molecule has 0 aromatic rings. The molecule has 0 amide bonds. The van der Waals surface area contributed by atoms with E-state index in [4.69, 9.17) is 4.74 Å².